The first-order valence-electron chi connectivity index (χ1n) is 7.97. The largest absolute Gasteiger partial charge is 0.463 e. The van der Waals surface area contributed by atoms with E-state index in [1.807, 2.05) is 42.5 Å². The van der Waals surface area contributed by atoms with Crippen molar-refractivity contribution in [3.05, 3.63) is 48.0 Å². The molecule has 2 saturated heterocycles. The molecule has 3 aliphatic heterocycles. The van der Waals surface area contributed by atoms with Crippen LogP contribution in [0.4, 0.5) is 0 Å². The molecule has 1 aromatic rings. The van der Waals surface area contributed by atoms with Crippen molar-refractivity contribution in [3.8, 4) is 0 Å². The van der Waals surface area contributed by atoms with Gasteiger partial charge >= 0.3 is 5.97 Å². The Balaban J connectivity index is 1.67. The smallest absolute Gasteiger partial charge is 0.302 e. The van der Waals surface area contributed by atoms with Crippen molar-refractivity contribution in [3.63, 3.8) is 0 Å². The number of rotatable bonds is 4. The third kappa shape index (κ3) is 2.17. The highest BCUT2D eigenvalue weighted by Crippen LogP contribution is 2.47. The molecule has 0 radical (unpaired) electrons. The summed E-state index contributed by atoms with van der Waals surface area (Å²) in [6.45, 7) is 1.27. The average Bonchev–Trinajstić information content (AvgIpc) is 3.25. The van der Waals surface area contributed by atoms with Crippen LogP contribution in [0.1, 0.15) is 18.5 Å². The van der Waals surface area contributed by atoms with Gasteiger partial charge in [0.1, 0.15) is 6.61 Å². The zero-order valence-electron chi connectivity index (χ0n) is 13.1. The zero-order valence-corrected chi connectivity index (χ0v) is 13.1. The number of hydrogen-bond donors (Lipinski definition) is 0. The molecule has 0 N–H and O–H groups in total. The maximum Gasteiger partial charge on any atom is 0.302 e. The van der Waals surface area contributed by atoms with E-state index in [0.29, 0.717) is 0 Å². The van der Waals surface area contributed by atoms with E-state index >= 15 is 0 Å². The number of amides is 2. The maximum absolute atomic E-state index is 12.9. The standard InChI is InChI=1S/C18H17NO5/c1-10(20)23-9-12(11-5-3-2-4-6-11)19-17(21)15-13-7-8-14(24-13)16(15)18(19)22/h2-8,12-16H,9H2,1H3/t12-,13?,14?,15?,16?/m1/s1. The molecule has 0 aliphatic carbocycles. The van der Waals surface area contributed by atoms with Crippen molar-refractivity contribution in [1.82, 2.24) is 4.90 Å². The Bertz CT molecular complexity index is 698. The first-order valence-corrected chi connectivity index (χ1v) is 7.97. The number of esters is 1. The lowest BCUT2D eigenvalue weighted by atomic mass is 9.85. The monoisotopic (exact) mass is 327 g/mol. The topological polar surface area (TPSA) is 72.9 Å². The lowest BCUT2D eigenvalue weighted by molar-refractivity contribution is -0.152. The van der Waals surface area contributed by atoms with E-state index in [1.165, 1.54) is 11.8 Å². The van der Waals surface area contributed by atoms with E-state index in [1.54, 1.807) is 0 Å². The van der Waals surface area contributed by atoms with Crippen molar-refractivity contribution in [2.75, 3.05) is 6.61 Å². The number of benzene rings is 1. The van der Waals surface area contributed by atoms with Gasteiger partial charge in [-0.25, -0.2) is 0 Å². The van der Waals surface area contributed by atoms with Gasteiger partial charge in [-0.1, -0.05) is 42.5 Å². The van der Waals surface area contributed by atoms with Crippen molar-refractivity contribution in [1.29, 1.82) is 0 Å². The minimum atomic E-state index is -0.611. The van der Waals surface area contributed by atoms with Gasteiger partial charge in [0.05, 0.1) is 30.1 Å². The van der Waals surface area contributed by atoms with Crippen LogP contribution in [0.15, 0.2) is 42.5 Å². The van der Waals surface area contributed by atoms with E-state index in [0.717, 1.165) is 5.56 Å². The maximum atomic E-state index is 12.9. The van der Waals surface area contributed by atoms with Crippen LogP contribution in [0, 0.1) is 11.8 Å². The number of likely N-dealkylation sites (tertiary alicyclic amines) is 1. The highest BCUT2D eigenvalue weighted by Gasteiger charge is 2.61. The molecule has 0 saturated carbocycles. The van der Waals surface area contributed by atoms with E-state index in [4.69, 9.17) is 9.47 Å². The van der Waals surface area contributed by atoms with E-state index in [9.17, 15) is 14.4 Å². The van der Waals surface area contributed by atoms with Gasteiger partial charge in [-0.3, -0.25) is 19.3 Å². The van der Waals surface area contributed by atoms with E-state index in [-0.39, 0.29) is 30.6 Å². The van der Waals surface area contributed by atoms with Crippen LogP contribution in [0.2, 0.25) is 0 Å². The van der Waals surface area contributed by atoms with Crippen LogP contribution in [0.5, 0.6) is 0 Å². The van der Waals surface area contributed by atoms with E-state index < -0.39 is 23.8 Å². The van der Waals surface area contributed by atoms with Crippen molar-refractivity contribution >= 4 is 17.8 Å². The van der Waals surface area contributed by atoms with Gasteiger partial charge in [-0.15, -0.1) is 0 Å². The Morgan fingerprint density at radius 1 is 1.12 bits per heavy atom. The number of imide groups is 1. The summed E-state index contributed by atoms with van der Waals surface area (Å²) < 4.78 is 10.8. The second-order valence-electron chi connectivity index (χ2n) is 6.28. The molecule has 2 amide bonds. The summed E-state index contributed by atoms with van der Waals surface area (Å²) in [5.41, 5.74) is 0.765. The molecule has 4 unspecified atom stereocenters. The Morgan fingerprint density at radius 3 is 2.25 bits per heavy atom. The van der Waals surface area contributed by atoms with Crippen LogP contribution < -0.4 is 0 Å². The van der Waals surface area contributed by atoms with Crippen molar-refractivity contribution in [2.24, 2.45) is 11.8 Å². The van der Waals surface area contributed by atoms with Crippen molar-refractivity contribution in [2.45, 2.75) is 25.2 Å². The third-order valence-corrected chi connectivity index (χ3v) is 4.89. The SMILES string of the molecule is CC(=O)OC[C@H](c1ccccc1)N1C(=O)C2C3C=CC(O3)C2C1=O. The van der Waals surface area contributed by atoms with Gasteiger partial charge in [0, 0.05) is 6.92 Å². The summed E-state index contributed by atoms with van der Waals surface area (Å²) in [6, 6.07) is 8.55. The number of carbonyl (C=O) groups excluding carboxylic acids is 3. The molecule has 5 atom stereocenters. The van der Waals surface area contributed by atoms with Crippen LogP contribution in [0.25, 0.3) is 0 Å². The predicted molar refractivity (Wildman–Crippen MR) is 82.5 cm³/mol. The Kier molecular flexibility index (Phi) is 3.49. The summed E-state index contributed by atoms with van der Waals surface area (Å²) in [5, 5.41) is 0. The summed E-state index contributed by atoms with van der Waals surface area (Å²) in [6.07, 6.45) is 3.05. The normalized spacial score (nSPS) is 31.5. The molecule has 0 spiro atoms. The quantitative estimate of drug-likeness (QED) is 0.472. The van der Waals surface area contributed by atoms with Crippen LogP contribution in [-0.2, 0) is 23.9 Å². The molecule has 2 bridgehead atoms. The molecule has 3 heterocycles. The number of fused-ring (bicyclic) bond motifs is 5. The molecule has 124 valence electrons. The first kappa shape index (κ1) is 15.1. The molecule has 1 aromatic carbocycles. The Morgan fingerprint density at radius 2 is 1.71 bits per heavy atom. The Labute approximate surface area is 139 Å². The second kappa shape index (κ2) is 5.56. The lowest BCUT2D eigenvalue weighted by Crippen LogP contribution is -2.40. The summed E-state index contributed by atoms with van der Waals surface area (Å²) in [7, 11) is 0. The molecule has 6 heteroatoms. The molecule has 6 nitrogen and oxygen atoms in total. The summed E-state index contributed by atoms with van der Waals surface area (Å²) >= 11 is 0. The third-order valence-electron chi connectivity index (χ3n) is 4.89. The van der Waals surface area contributed by atoms with Gasteiger partial charge in [0.15, 0.2) is 0 Å². The molecule has 0 aromatic heterocycles. The number of nitrogens with zero attached hydrogens (tertiary/aromatic N) is 1. The van der Waals surface area contributed by atoms with Gasteiger partial charge in [-0.05, 0) is 5.56 Å². The van der Waals surface area contributed by atoms with Crippen molar-refractivity contribution < 1.29 is 23.9 Å². The van der Waals surface area contributed by atoms with Gasteiger partial charge < -0.3 is 9.47 Å². The van der Waals surface area contributed by atoms with Crippen LogP contribution in [-0.4, -0.2) is 41.5 Å². The highest BCUT2D eigenvalue weighted by atomic mass is 16.5. The number of ether oxygens (including phenoxy) is 2. The van der Waals surface area contributed by atoms with Crippen LogP contribution >= 0.6 is 0 Å². The zero-order chi connectivity index (χ0) is 16.8. The highest BCUT2D eigenvalue weighted by molar-refractivity contribution is 6.07. The number of carbonyl (C=O) groups is 3. The fourth-order valence-electron chi connectivity index (χ4n) is 3.83. The average molecular weight is 327 g/mol. The molecule has 4 rings (SSSR count). The van der Waals surface area contributed by atoms with E-state index in [2.05, 4.69) is 0 Å². The van der Waals surface area contributed by atoms with Gasteiger partial charge in [0.25, 0.3) is 0 Å². The molecule has 2 fully saturated rings. The molecular formula is C18H17NO5. The van der Waals surface area contributed by atoms with Crippen LogP contribution in [0.3, 0.4) is 0 Å². The fraction of sp³-hybridized carbons (Fsp3) is 0.389. The minimum Gasteiger partial charge on any atom is -0.463 e. The van der Waals surface area contributed by atoms with Gasteiger partial charge in [-0.2, -0.15) is 0 Å². The predicted octanol–water partition coefficient (Wildman–Crippen LogP) is 1.23. The summed E-state index contributed by atoms with van der Waals surface area (Å²) in [5.74, 6) is -1.86. The number of hydrogen-bond acceptors (Lipinski definition) is 5. The van der Waals surface area contributed by atoms with Gasteiger partial charge in [0.2, 0.25) is 11.8 Å². The summed E-state index contributed by atoms with van der Waals surface area (Å²) in [4.78, 5) is 38.3. The minimum absolute atomic E-state index is 0.0418. The first-order chi connectivity index (χ1) is 11.6. The second-order valence-corrected chi connectivity index (χ2v) is 6.28. The molecular weight excluding hydrogens is 310 g/mol. The molecule has 3 aliphatic rings. The fourth-order valence-corrected chi connectivity index (χ4v) is 3.83. The lowest BCUT2D eigenvalue weighted by Gasteiger charge is -2.27. The molecule has 24 heavy (non-hydrogen) atoms. The Hall–Kier alpha value is -2.47.